The summed E-state index contributed by atoms with van der Waals surface area (Å²) < 4.78 is 1.15. The highest BCUT2D eigenvalue weighted by Crippen LogP contribution is 2.32. The second-order valence-corrected chi connectivity index (χ2v) is 9.93. The molecular weight excluding hydrogens is 436 g/mol. The molecular formula is C26H35BrN2O. The first kappa shape index (κ1) is 21.9. The standard InChI is InChI=1S/C26H35BrN2O/c27-24-12-8-21(9-13-24)7-3-6-17-29-18-14-25-22(19-29)10-11-23(26(25)30)20-28-15-4-1-2-5-16-28/h8-13,30H,1-7,14-20H2. The molecule has 0 saturated carbocycles. The van der Waals surface area contributed by atoms with Crippen molar-refractivity contribution in [1.82, 2.24) is 9.80 Å². The van der Waals surface area contributed by atoms with Crippen LogP contribution in [0, 0.1) is 0 Å². The zero-order chi connectivity index (χ0) is 20.8. The number of benzene rings is 2. The van der Waals surface area contributed by atoms with Gasteiger partial charge in [0.1, 0.15) is 5.75 Å². The summed E-state index contributed by atoms with van der Waals surface area (Å²) in [5.41, 5.74) is 5.07. The summed E-state index contributed by atoms with van der Waals surface area (Å²) in [5, 5.41) is 10.9. The van der Waals surface area contributed by atoms with Crippen molar-refractivity contribution in [3.05, 3.63) is 63.1 Å². The first-order chi connectivity index (χ1) is 14.7. The molecule has 1 fully saturated rings. The fourth-order valence-electron chi connectivity index (χ4n) is 4.91. The highest BCUT2D eigenvalue weighted by molar-refractivity contribution is 9.10. The second kappa shape index (κ2) is 10.8. The Hall–Kier alpha value is -1.36. The van der Waals surface area contributed by atoms with Gasteiger partial charge in [-0.05, 0) is 87.0 Å². The molecule has 3 nitrogen and oxygen atoms in total. The van der Waals surface area contributed by atoms with E-state index in [-0.39, 0.29) is 0 Å². The van der Waals surface area contributed by atoms with E-state index in [2.05, 4.69) is 62.1 Å². The van der Waals surface area contributed by atoms with Crippen LogP contribution in [0.3, 0.4) is 0 Å². The molecule has 30 heavy (non-hydrogen) atoms. The van der Waals surface area contributed by atoms with E-state index >= 15 is 0 Å². The maximum atomic E-state index is 10.9. The fourth-order valence-corrected chi connectivity index (χ4v) is 5.18. The molecule has 0 aromatic heterocycles. The van der Waals surface area contributed by atoms with Crippen molar-refractivity contribution in [1.29, 1.82) is 0 Å². The van der Waals surface area contributed by atoms with E-state index in [1.807, 2.05) is 0 Å². The number of aryl methyl sites for hydroxylation is 1. The first-order valence-corrected chi connectivity index (χ1v) is 12.5. The third-order valence-electron chi connectivity index (χ3n) is 6.73. The maximum absolute atomic E-state index is 10.9. The molecule has 2 aliphatic rings. The molecule has 2 aromatic carbocycles. The van der Waals surface area contributed by atoms with Gasteiger partial charge in [0.05, 0.1) is 0 Å². The molecule has 0 atom stereocenters. The topological polar surface area (TPSA) is 26.7 Å². The lowest BCUT2D eigenvalue weighted by molar-refractivity contribution is 0.245. The van der Waals surface area contributed by atoms with Crippen molar-refractivity contribution in [2.24, 2.45) is 0 Å². The van der Waals surface area contributed by atoms with Gasteiger partial charge in [0, 0.05) is 29.7 Å². The van der Waals surface area contributed by atoms with Crippen LogP contribution in [-0.2, 0) is 25.9 Å². The van der Waals surface area contributed by atoms with E-state index in [0.717, 1.165) is 49.1 Å². The Bertz CT molecular complexity index is 813. The van der Waals surface area contributed by atoms with Crippen molar-refractivity contribution >= 4 is 15.9 Å². The van der Waals surface area contributed by atoms with Crippen LogP contribution in [0.25, 0.3) is 0 Å². The minimum Gasteiger partial charge on any atom is -0.507 e. The van der Waals surface area contributed by atoms with Crippen LogP contribution in [0.15, 0.2) is 40.9 Å². The quantitative estimate of drug-likeness (QED) is 0.509. The smallest absolute Gasteiger partial charge is 0.123 e. The minimum absolute atomic E-state index is 0.576. The maximum Gasteiger partial charge on any atom is 0.123 e. The molecule has 4 rings (SSSR count). The number of aromatic hydroxyl groups is 1. The fraction of sp³-hybridized carbons (Fsp3) is 0.538. The average Bonchev–Trinajstić information content (AvgIpc) is 3.03. The van der Waals surface area contributed by atoms with E-state index in [1.54, 1.807) is 0 Å². The summed E-state index contributed by atoms with van der Waals surface area (Å²) in [6.07, 6.45) is 9.87. The lowest BCUT2D eigenvalue weighted by atomic mass is 9.95. The van der Waals surface area contributed by atoms with E-state index in [9.17, 15) is 5.11 Å². The van der Waals surface area contributed by atoms with Gasteiger partial charge in [-0.1, -0.05) is 53.0 Å². The normalized spacial score (nSPS) is 18.2. The van der Waals surface area contributed by atoms with Crippen LogP contribution >= 0.6 is 15.9 Å². The van der Waals surface area contributed by atoms with Gasteiger partial charge >= 0.3 is 0 Å². The van der Waals surface area contributed by atoms with E-state index in [0.29, 0.717) is 5.75 Å². The number of likely N-dealkylation sites (tertiary alicyclic amines) is 1. The summed E-state index contributed by atoms with van der Waals surface area (Å²) in [6.45, 7) is 6.43. The Morgan fingerprint density at radius 1 is 0.833 bits per heavy atom. The van der Waals surface area contributed by atoms with Crippen LogP contribution < -0.4 is 0 Å². The summed E-state index contributed by atoms with van der Waals surface area (Å²) in [6, 6.07) is 13.1. The molecule has 0 amide bonds. The molecule has 2 aliphatic heterocycles. The van der Waals surface area contributed by atoms with Crippen LogP contribution in [0.5, 0.6) is 5.75 Å². The number of phenolic OH excluding ortho intramolecular Hbond substituents is 1. The van der Waals surface area contributed by atoms with Gasteiger partial charge in [-0.15, -0.1) is 0 Å². The van der Waals surface area contributed by atoms with Gasteiger partial charge in [-0.25, -0.2) is 0 Å². The number of hydrogen-bond acceptors (Lipinski definition) is 3. The van der Waals surface area contributed by atoms with E-state index in [4.69, 9.17) is 0 Å². The van der Waals surface area contributed by atoms with Crippen molar-refractivity contribution in [2.45, 2.75) is 64.5 Å². The highest BCUT2D eigenvalue weighted by atomic mass is 79.9. The van der Waals surface area contributed by atoms with Gasteiger partial charge in [-0.3, -0.25) is 9.80 Å². The molecule has 1 N–H and O–H groups in total. The van der Waals surface area contributed by atoms with Gasteiger partial charge in [-0.2, -0.15) is 0 Å². The first-order valence-electron chi connectivity index (χ1n) is 11.7. The number of unbranched alkanes of at least 4 members (excludes halogenated alkanes) is 1. The minimum atomic E-state index is 0.576. The molecule has 0 spiro atoms. The molecule has 1 saturated heterocycles. The third-order valence-corrected chi connectivity index (χ3v) is 7.26. The number of phenols is 1. The van der Waals surface area contributed by atoms with Gasteiger partial charge in [0.15, 0.2) is 0 Å². The summed E-state index contributed by atoms with van der Waals surface area (Å²) in [7, 11) is 0. The van der Waals surface area contributed by atoms with Crippen LogP contribution in [-0.4, -0.2) is 41.1 Å². The molecule has 4 heteroatoms. The third kappa shape index (κ3) is 5.87. The highest BCUT2D eigenvalue weighted by Gasteiger charge is 2.21. The molecule has 162 valence electrons. The summed E-state index contributed by atoms with van der Waals surface area (Å²) in [4.78, 5) is 5.08. The van der Waals surface area contributed by atoms with Crippen LogP contribution in [0.4, 0.5) is 0 Å². The predicted octanol–water partition coefficient (Wildman–Crippen LogP) is 5.91. The Morgan fingerprint density at radius 2 is 1.60 bits per heavy atom. The largest absolute Gasteiger partial charge is 0.507 e. The molecule has 0 unspecified atom stereocenters. The van der Waals surface area contributed by atoms with E-state index in [1.165, 1.54) is 68.3 Å². The molecule has 0 radical (unpaired) electrons. The van der Waals surface area contributed by atoms with Gasteiger partial charge in [0.2, 0.25) is 0 Å². The zero-order valence-electron chi connectivity index (χ0n) is 18.1. The number of hydrogen-bond donors (Lipinski definition) is 1. The number of halogens is 1. The predicted molar refractivity (Wildman–Crippen MR) is 128 cm³/mol. The summed E-state index contributed by atoms with van der Waals surface area (Å²) >= 11 is 3.50. The number of fused-ring (bicyclic) bond motifs is 1. The molecule has 0 bridgehead atoms. The second-order valence-electron chi connectivity index (χ2n) is 9.01. The Kier molecular flexibility index (Phi) is 7.86. The molecule has 2 aromatic rings. The number of nitrogens with zero attached hydrogens (tertiary/aromatic N) is 2. The lowest BCUT2D eigenvalue weighted by Crippen LogP contribution is -2.31. The Morgan fingerprint density at radius 3 is 2.37 bits per heavy atom. The average molecular weight is 471 g/mol. The van der Waals surface area contributed by atoms with Crippen molar-refractivity contribution in [3.8, 4) is 5.75 Å². The number of rotatable bonds is 7. The van der Waals surface area contributed by atoms with Crippen molar-refractivity contribution < 1.29 is 5.11 Å². The van der Waals surface area contributed by atoms with E-state index < -0.39 is 0 Å². The molecule has 0 aliphatic carbocycles. The van der Waals surface area contributed by atoms with Crippen molar-refractivity contribution in [2.75, 3.05) is 26.2 Å². The lowest BCUT2D eigenvalue weighted by Gasteiger charge is -2.30. The SMILES string of the molecule is Oc1c(CN2CCCCCC2)ccc2c1CCN(CCCCc1ccc(Br)cc1)C2. The zero-order valence-corrected chi connectivity index (χ0v) is 19.7. The molecule has 2 heterocycles. The van der Waals surface area contributed by atoms with Crippen LogP contribution in [0.2, 0.25) is 0 Å². The van der Waals surface area contributed by atoms with Crippen molar-refractivity contribution in [3.63, 3.8) is 0 Å². The monoisotopic (exact) mass is 470 g/mol. The summed E-state index contributed by atoms with van der Waals surface area (Å²) in [5.74, 6) is 0.576. The van der Waals surface area contributed by atoms with Gasteiger partial charge in [0.25, 0.3) is 0 Å². The Balaban J connectivity index is 1.27. The Labute approximate surface area is 190 Å². The van der Waals surface area contributed by atoms with Crippen LogP contribution in [0.1, 0.15) is 60.8 Å². The van der Waals surface area contributed by atoms with Gasteiger partial charge < -0.3 is 5.11 Å².